The zero-order valence-electron chi connectivity index (χ0n) is 21.3. The minimum atomic E-state index is -1.61. The number of rotatable bonds is 5. The summed E-state index contributed by atoms with van der Waals surface area (Å²) in [4.78, 5) is 30.0. The Hall–Kier alpha value is -2.22. The number of aliphatic hydroxyl groups excluding tert-OH is 1. The third kappa shape index (κ3) is 4.08. The predicted octanol–water partition coefficient (Wildman–Crippen LogP) is 4.45. The van der Waals surface area contributed by atoms with E-state index in [1.807, 2.05) is 51.1 Å². The second-order valence-electron chi connectivity index (χ2n) is 11.8. The number of aliphatic hydroxyl groups is 1. The van der Waals surface area contributed by atoms with Gasteiger partial charge in [0, 0.05) is 23.6 Å². The molecule has 0 radical (unpaired) electrons. The highest BCUT2D eigenvalue weighted by molar-refractivity contribution is 6.83. The maximum Gasteiger partial charge on any atom is 0.415 e. The Morgan fingerprint density at radius 1 is 1.26 bits per heavy atom. The predicted molar refractivity (Wildman–Crippen MR) is 138 cm³/mol. The van der Waals surface area contributed by atoms with E-state index in [1.165, 1.54) is 5.20 Å². The lowest BCUT2D eigenvalue weighted by atomic mass is 9.65. The molecule has 1 saturated heterocycles. The number of ether oxygens (including phenoxy) is 1. The van der Waals surface area contributed by atoms with Gasteiger partial charge < -0.3 is 9.84 Å². The number of fused-ring (bicyclic) bond motifs is 1. The molecule has 3 atom stereocenters. The molecule has 0 aromatic heterocycles. The fourth-order valence-electron chi connectivity index (χ4n) is 6.12. The number of hydrogen-bond acceptors (Lipinski definition) is 5. The monoisotopic (exact) mass is 482 g/mol. The Bertz CT molecular complexity index is 1040. The van der Waals surface area contributed by atoms with Crippen LogP contribution in [0.5, 0.6) is 0 Å². The van der Waals surface area contributed by atoms with Gasteiger partial charge in [0.05, 0.1) is 26.4 Å². The first-order valence-corrected chi connectivity index (χ1v) is 15.8. The van der Waals surface area contributed by atoms with Crippen molar-refractivity contribution in [2.45, 2.75) is 76.4 Å². The van der Waals surface area contributed by atoms with Crippen molar-refractivity contribution in [3.05, 3.63) is 52.8 Å². The van der Waals surface area contributed by atoms with Gasteiger partial charge in [-0.15, -0.1) is 0 Å². The number of aldehydes is 1. The Kier molecular flexibility index (Phi) is 6.42. The minimum Gasteiger partial charge on any atom is -0.443 e. The molecule has 34 heavy (non-hydrogen) atoms. The van der Waals surface area contributed by atoms with E-state index in [2.05, 4.69) is 30.6 Å². The van der Waals surface area contributed by atoms with Gasteiger partial charge in [-0.2, -0.15) is 0 Å². The van der Waals surface area contributed by atoms with Crippen LogP contribution in [-0.4, -0.2) is 67.8 Å². The molecule has 1 aromatic rings. The van der Waals surface area contributed by atoms with E-state index in [9.17, 15) is 14.7 Å². The molecule has 0 bridgehead atoms. The zero-order chi connectivity index (χ0) is 24.9. The highest BCUT2D eigenvalue weighted by Gasteiger charge is 2.63. The van der Waals surface area contributed by atoms with Crippen LogP contribution in [0.3, 0.4) is 0 Å². The number of amides is 1. The van der Waals surface area contributed by atoms with Crippen LogP contribution in [0.15, 0.2) is 47.2 Å². The first kappa shape index (κ1) is 24.9. The summed E-state index contributed by atoms with van der Waals surface area (Å²) in [6, 6.07) is 7.87. The van der Waals surface area contributed by atoms with Crippen LogP contribution >= 0.6 is 0 Å². The number of anilines is 1. The first-order valence-electron chi connectivity index (χ1n) is 12.3. The van der Waals surface area contributed by atoms with Crippen LogP contribution in [0.2, 0.25) is 19.6 Å². The molecule has 0 saturated carbocycles. The Morgan fingerprint density at radius 3 is 2.59 bits per heavy atom. The quantitative estimate of drug-likeness (QED) is 0.496. The molecule has 1 aromatic carbocycles. The molecular weight excluding hydrogens is 444 g/mol. The highest BCUT2D eigenvalue weighted by Crippen LogP contribution is 2.58. The molecule has 3 aliphatic rings. The Labute approximate surface area is 204 Å². The highest BCUT2D eigenvalue weighted by atomic mass is 28.3. The summed E-state index contributed by atoms with van der Waals surface area (Å²) in [5.74, 6) is 0. The smallest absolute Gasteiger partial charge is 0.415 e. The van der Waals surface area contributed by atoms with E-state index in [4.69, 9.17) is 4.74 Å². The zero-order valence-corrected chi connectivity index (χ0v) is 22.3. The molecule has 0 unspecified atom stereocenters. The molecule has 1 amide bonds. The lowest BCUT2D eigenvalue weighted by molar-refractivity contribution is -0.105. The number of benzene rings is 1. The van der Waals surface area contributed by atoms with Crippen LogP contribution in [0, 0.1) is 0 Å². The standard InChI is InChI=1S/C27H38N2O4Si/c1-26(2,3)33-25(32)29-22-10-8-7-9-21(22)27-14-15-28(17-20(13-16-30)34(4,5)6)23(27)12-11-19(18-31)24(27)29/h7-11,13,18,23-24,30H,12,14-17H2,1-6H3/b20-13-/t23-,24-,27+/m0/s1. The van der Waals surface area contributed by atoms with Gasteiger partial charge >= 0.3 is 6.09 Å². The molecule has 1 N–H and O–H groups in total. The maximum atomic E-state index is 13.5. The third-order valence-electron chi connectivity index (χ3n) is 7.55. The van der Waals surface area contributed by atoms with Crippen molar-refractivity contribution >= 4 is 26.1 Å². The normalized spacial score (nSPS) is 27.1. The molecule has 6 nitrogen and oxygen atoms in total. The lowest BCUT2D eigenvalue weighted by Gasteiger charge is -2.45. The van der Waals surface area contributed by atoms with E-state index < -0.39 is 19.8 Å². The number of likely N-dealkylation sites (tertiary alicyclic amines) is 1. The molecule has 1 fully saturated rings. The molecule has 4 rings (SSSR count). The molecule has 2 heterocycles. The number of nitrogens with zero attached hydrogens (tertiary/aromatic N) is 2. The number of carbonyl (C=O) groups is 2. The van der Waals surface area contributed by atoms with Crippen molar-refractivity contribution in [2.75, 3.05) is 24.6 Å². The molecule has 2 aliphatic heterocycles. The largest absolute Gasteiger partial charge is 0.443 e. The van der Waals surface area contributed by atoms with Gasteiger partial charge in [0.15, 0.2) is 0 Å². The van der Waals surface area contributed by atoms with Crippen molar-refractivity contribution in [1.82, 2.24) is 4.90 Å². The van der Waals surface area contributed by atoms with E-state index in [-0.39, 0.29) is 24.1 Å². The van der Waals surface area contributed by atoms with Crippen LogP contribution in [0.4, 0.5) is 10.5 Å². The number of para-hydroxylation sites is 1. The summed E-state index contributed by atoms with van der Waals surface area (Å²) in [6.07, 6.45) is 6.15. The van der Waals surface area contributed by atoms with Crippen molar-refractivity contribution in [1.29, 1.82) is 0 Å². The van der Waals surface area contributed by atoms with E-state index in [0.717, 1.165) is 43.5 Å². The minimum absolute atomic E-state index is 0.0519. The fraction of sp³-hybridized carbons (Fsp3) is 0.556. The van der Waals surface area contributed by atoms with Gasteiger partial charge in [-0.25, -0.2) is 4.79 Å². The summed E-state index contributed by atoms with van der Waals surface area (Å²) < 4.78 is 5.83. The molecule has 1 spiro atoms. The average molecular weight is 483 g/mol. The summed E-state index contributed by atoms with van der Waals surface area (Å²) >= 11 is 0. The molecule has 184 valence electrons. The first-order chi connectivity index (χ1) is 15.9. The van der Waals surface area contributed by atoms with Crippen LogP contribution in [-0.2, 0) is 14.9 Å². The van der Waals surface area contributed by atoms with Gasteiger partial charge in [0.2, 0.25) is 0 Å². The van der Waals surface area contributed by atoms with Gasteiger partial charge in [-0.3, -0.25) is 14.6 Å². The summed E-state index contributed by atoms with van der Waals surface area (Å²) in [6.45, 7) is 14.3. The van der Waals surface area contributed by atoms with Crippen LogP contribution in [0.25, 0.3) is 0 Å². The summed E-state index contributed by atoms with van der Waals surface area (Å²) in [5, 5.41) is 11.0. The second kappa shape index (κ2) is 8.77. The van der Waals surface area contributed by atoms with E-state index in [0.29, 0.717) is 5.57 Å². The average Bonchev–Trinajstić information content (AvgIpc) is 3.26. The molecular formula is C27H38N2O4Si. The summed E-state index contributed by atoms with van der Waals surface area (Å²) in [7, 11) is -1.61. The molecule has 7 heteroatoms. The van der Waals surface area contributed by atoms with Crippen molar-refractivity contribution in [3.63, 3.8) is 0 Å². The Morgan fingerprint density at radius 2 is 1.97 bits per heavy atom. The summed E-state index contributed by atoms with van der Waals surface area (Å²) in [5.41, 5.74) is 1.65. The van der Waals surface area contributed by atoms with Crippen molar-refractivity contribution < 1.29 is 19.4 Å². The maximum absolute atomic E-state index is 13.5. The molecule has 1 aliphatic carbocycles. The number of carbonyl (C=O) groups excluding carboxylic acids is 2. The van der Waals surface area contributed by atoms with Crippen molar-refractivity contribution in [3.8, 4) is 0 Å². The SMILES string of the molecule is CC(C)(C)OC(=O)N1c2ccccc2[C@]23CCN(C/C(=C/CO)[Si](C)(C)C)[C@H]2CC=C(C=O)[C@H]13. The Balaban J connectivity index is 1.81. The van der Waals surface area contributed by atoms with Gasteiger partial charge in [-0.1, -0.05) is 55.2 Å². The van der Waals surface area contributed by atoms with Gasteiger partial charge in [0.25, 0.3) is 0 Å². The van der Waals surface area contributed by atoms with Crippen molar-refractivity contribution in [2.24, 2.45) is 0 Å². The van der Waals surface area contributed by atoms with Crippen LogP contribution < -0.4 is 4.90 Å². The third-order valence-corrected chi connectivity index (χ3v) is 9.84. The van der Waals surface area contributed by atoms with Gasteiger partial charge in [-0.05, 0) is 51.8 Å². The lowest BCUT2D eigenvalue weighted by Crippen LogP contribution is -2.57. The van der Waals surface area contributed by atoms with Gasteiger partial charge in [0.1, 0.15) is 11.9 Å². The second-order valence-corrected chi connectivity index (χ2v) is 16.9. The van der Waals surface area contributed by atoms with E-state index >= 15 is 0 Å². The number of hydrogen-bond donors (Lipinski definition) is 1. The van der Waals surface area contributed by atoms with Crippen LogP contribution in [0.1, 0.15) is 39.2 Å². The topological polar surface area (TPSA) is 70.1 Å². The van der Waals surface area contributed by atoms with E-state index in [1.54, 1.807) is 4.90 Å². The fourth-order valence-corrected chi connectivity index (χ4v) is 7.50.